The van der Waals surface area contributed by atoms with Gasteiger partial charge < -0.3 is 25.0 Å². The average Bonchev–Trinajstić information content (AvgIpc) is 2.91. The lowest BCUT2D eigenvalue weighted by Crippen LogP contribution is -2.54. The predicted molar refractivity (Wildman–Crippen MR) is 77.2 cm³/mol. The third kappa shape index (κ3) is 3.85. The number of likely N-dealkylation sites (N-methyl/N-ethyl adjacent to an activating group) is 1. The Hall–Kier alpha value is -1.34. The van der Waals surface area contributed by atoms with Crippen molar-refractivity contribution < 1.29 is 19.4 Å². The number of likely N-dealkylation sites (tertiary alicyclic amines) is 1. The number of rotatable bonds is 4. The summed E-state index contributed by atoms with van der Waals surface area (Å²) in [6.45, 7) is 4.77. The van der Waals surface area contributed by atoms with E-state index < -0.39 is 11.9 Å². The number of piperidine rings is 1. The zero-order valence-electron chi connectivity index (χ0n) is 12.7. The number of nitrogens with zero attached hydrogens (tertiary/aromatic N) is 2. The van der Waals surface area contributed by atoms with E-state index in [0.29, 0.717) is 13.2 Å². The van der Waals surface area contributed by atoms with Crippen LogP contribution in [-0.2, 0) is 9.53 Å². The van der Waals surface area contributed by atoms with Crippen LogP contribution in [0.1, 0.15) is 19.8 Å². The van der Waals surface area contributed by atoms with Gasteiger partial charge in [0.15, 0.2) is 0 Å². The molecule has 2 aliphatic heterocycles. The number of amides is 2. The molecule has 7 nitrogen and oxygen atoms in total. The van der Waals surface area contributed by atoms with E-state index >= 15 is 0 Å². The first-order chi connectivity index (χ1) is 10.0. The lowest BCUT2D eigenvalue weighted by atomic mass is 10.0. The summed E-state index contributed by atoms with van der Waals surface area (Å²) in [5, 5.41) is 12.3. The van der Waals surface area contributed by atoms with Gasteiger partial charge in [0.25, 0.3) is 0 Å². The minimum atomic E-state index is -0.900. The molecule has 120 valence electrons. The van der Waals surface area contributed by atoms with E-state index in [4.69, 9.17) is 4.74 Å². The number of urea groups is 1. The first-order valence-electron chi connectivity index (χ1n) is 7.59. The quantitative estimate of drug-likeness (QED) is 0.775. The Morgan fingerprint density at radius 2 is 2.00 bits per heavy atom. The number of ether oxygens (including phenoxy) is 1. The Bertz CT molecular complexity index is 382. The van der Waals surface area contributed by atoms with Crippen molar-refractivity contribution in [3.05, 3.63) is 0 Å². The summed E-state index contributed by atoms with van der Waals surface area (Å²) < 4.78 is 5.26. The molecule has 2 rings (SSSR count). The van der Waals surface area contributed by atoms with Crippen molar-refractivity contribution in [1.29, 1.82) is 0 Å². The number of carboxylic acids is 1. The molecule has 0 aromatic heterocycles. The molecule has 2 amide bonds. The van der Waals surface area contributed by atoms with Crippen molar-refractivity contribution >= 4 is 12.0 Å². The fourth-order valence-corrected chi connectivity index (χ4v) is 3.03. The van der Waals surface area contributed by atoms with Crippen LogP contribution < -0.4 is 5.32 Å². The predicted octanol–water partition coefficient (Wildman–Crippen LogP) is 0.212. The van der Waals surface area contributed by atoms with Crippen molar-refractivity contribution in [2.75, 3.05) is 39.9 Å². The Morgan fingerprint density at radius 3 is 2.57 bits per heavy atom. The summed E-state index contributed by atoms with van der Waals surface area (Å²) in [5.41, 5.74) is 0. The van der Waals surface area contributed by atoms with Crippen molar-refractivity contribution in [2.45, 2.75) is 31.8 Å². The van der Waals surface area contributed by atoms with Gasteiger partial charge in [0.05, 0.1) is 19.3 Å². The van der Waals surface area contributed by atoms with Gasteiger partial charge in [0.1, 0.15) is 5.92 Å². The maximum absolute atomic E-state index is 12.4. The second-order valence-electron chi connectivity index (χ2n) is 5.86. The number of aliphatic carboxylic acids is 1. The van der Waals surface area contributed by atoms with Crippen LogP contribution in [0.3, 0.4) is 0 Å². The smallest absolute Gasteiger partial charge is 0.317 e. The SMILES string of the molecule is CCN(C(=O)NC1CCN(C)CC1)C1COCC1C(=O)O. The van der Waals surface area contributed by atoms with Crippen LogP contribution >= 0.6 is 0 Å². The van der Waals surface area contributed by atoms with Gasteiger partial charge in [-0.3, -0.25) is 4.79 Å². The summed E-state index contributed by atoms with van der Waals surface area (Å²) >= 11 is 0. The van der Waals surface area contributed by atoms with Crippen molar-refractivity contribution in [1.82, 2.24) is 15.1 Å². The third-order valence-electron chi connectivity index (χ3n) is 4.42. The molecule has 2 heterocycles. The van der Waals surface area contributed by atoms with E-state index in [1.165, 1.54) is 0 Å². The molecule has 0 bridgehead atoms. The molecule has 2 unspecified atom stereocenters. The Balaban J connectivity index is 1.93. The van der Waals surface area contributed by atoms with Crippen LogP contribution in [-0.4, -0.2) is 78.9 Å². The van der Waals surface area contributed by atoms with Crippen molar-refractivity contribution in [3.8, 4) is 0 Å². The van der Waals surface area contributed by atoms with Crippen LogP contribution in [0.4, 0.5) is 4.79 Å². The first-order valence-corrected chi connectivity index (χ1v) is 7.59. The lowest BCUT2D eigenvalue weighted by Gasteiger charge is -2.34. The van der Waals surface area contributed by atoms with Crippen LogP contribution in [0.2, 0.25) is 0 Å². The lowest BCUT2D eigenvalue weighted by molar-refractivity contribution is -0.142. The van der Waals surface area contributed by atoms with E-state index in [1.54, 1.807) is 4.90 Å². The van der Waals surface area contributed by atoms with Gasteiger partial charge in [-0.05, 0) is 39.9 Å². The second kappa shape index (κ2) is 7.09. The number of hydrogen-bond acceptors (Lipinski definition) is 4. The molecule has 2 N–H and O–H groups in total. The molecular weight excluding hydrogens is 274 g/mol. The normalized spacial score (nSPS) is 27.5. The number of carbonyl (C=O) groups excluding carboxylic acids is 1. The fraction of sp³-hybridized carbons (Fsp3) is 0.857. The van der Waals surface area contributed by atoms with E-state index in [0.717, 1.165) is 25.9 Å². The minimum Gasteiger partial charge on any atom is -0.481 e. The molecule has 0 aromatic rings. The van der Waals surface area contributed by atoms with Gasteiger partial charge in [-0.2, -0.15) is 0 Å². The van der Waals surface area contributed by atoms with Gasteiger partial charge >= 0.3 is 12.0 Å². The molecule has 0 aliphatic carbocycles. The van der Waals surface area contributed by atoms with E-state index in [9.17, 15) is 14.7 Å². The van der Waals surface area contributed by atoms with Gasteiger partial charge in [-0.25, -0.2) is 4.79 Å². The topological polar surface area (TPSA) is 82.1 Å². The monoisotopic (exact) mass is 299 g/mol. The van der Waals surface area contributed by atoms with E-state index in [1.807, 2.05) is 6.92 Å². The third-order valence-corrected chi connectivity index (χ3v) is 4.42. The second-order valence-corrected chi connectivity index (χ2v) is 5.86. The molecule has 2 aliphatic rings. The maximum Gasteiger partial charge on any atom is 0.317 e. The molecule has 2 fully saturated rings. The van der Waals surface area contributed by atoms with Crippen molar-refractivity contribution in [2.24, 2.45) is 5.92 Å². The highest BCUT2D eigenvalue weighted by molar-refractivity contribution is 5.77. The van der Waals surface area contributed by atoms with Gasteiger partial charge in [0, 0.05) is 12.6 Å². The molecule has 21 heavy (non-hydrogen) atoms. The standard InChI is InChI=1S/C14H25N3O4/c1-3-17(12-9-21-8-11(12)13(18)19)14(20)15-10-4-6-16(2)7-5-10/h10-12H,3-9H2,1-2H3,(H,15,20)(H,18,19). The average molecular weight is 299 g/mol. The molecule has 2 atom stereocenters. The number of nitrogens with one attached hydrogen (secondary N) is 1. The van der Waals surface area contributed by atoms with Crippen LogP contribution in [0, 0.1) is 5.92 Å². The molecule has 7 heteroatoms. The highest BCUT2D eigenvalue weighted by Crippen LogP contribution is 2.20. The molecule has 0 aromatic carbocycles. The molecule has 2 saturated heterocycles. The molecule has 0 saturated carbocycles. The van der Waals surface area contributed by atoms with Crippen LogP contribution in [0.5, 0.6) is 0 Å². The molecule has 0 radical (unpaired) electrons. The summed E-state index contributed by atoms with van der Waals surface area (Å²) in [6, 6.07) is -0.374. The van der Waals surface area contributed by atoms with Crippen molar-refractivity contribution in [3.63, 3.8) is 0 Å². The number of carboxylic acid groups (broad SMARTS) is 1. The Morgan fingerprint density at radius 1 is 1.33 bits per heavy atom. The number of carbonyl (C=O) groups is 2. The molecular formula is C14H25N3O4. The van der Waals surface area contributed by atoms with Gasteiger partial charge in [-0.15, -0.1) is 0 Å². The number of hydrogen-bond donors (Lipinski definition) is 2. The minimum absolute atomic E-state index is 0.172. The zero-order chi connectivity index (χ0) is 15.4. The maximum atomic E-state index is 12.4. The van der Waals surface area contributed by atoms with Crippen LogP contribution in [0.15, 0.2) is 0 Å². The Labute approximate surface area is 125 Å². The highest BCUT2D eigenvalue weighted by Gasteiger charge is 2.39. The van der Waals surface area contributed by atoms with Crippen LogP contribution in [0.25, 0.3) is 0 Å². The van der Waals surface area contributed by atoms with E-state index in [-0.39, 0.29) is 24.7 Å². The summed E-state index contributed by atoms with van der Waals surface area (Å²) in [5.74, 6) is -1.53. The first kappa shape index (κ1) is 16.0. The van der Waals surface area contributed by atoms with E-state index in [2.05, 4.69) is 17.3 Å². The fourth-order valence-electron chi connectivity index (χ4n) is 3.03. The molecule has 0 spiro atoms. The van der Waals surface area contributed by atoms with Gasteiger partial charge in [0.2, 0.25) is 0 Å². The summed E-state index contributed by atoms with van der Waals surface area (Å²) in [4.78, 5) is 27.5. The summed E-state index contributed by atoms with van der Waals surface area (Å²) in [7, 11) is 2.07. The van der Waals surface area contributed by atoms with Gasteiger partial charge in [-0.1, -0.05) is 0 Å². The highest BCUT2D eigenvalue weighted by atomic mass is 16.5. The Kier molecular flexibility index (Phi) is 5.41. The summed E-state index contributed by atoms with van der Waals surface area (Å²) in [6.07, 6.45) is 1.87. The largest absolute Gasteiger partial charge is 0.481 e. The zero-order valence-corrected chi connectivity index (χ0v) is 12.7.